The molecule has 9 heteroatoms. The van der Waals surface area contributed by atoms with Crippen molar-refractivity contribution in [2.75, 3.05) is 18.5 Å². The van der Waals surface area contributed by atoms with Gasteiger partial charge in [0.05, 0.1) is 11.8 Å². The molecule has 0 aliphatic heterocycles. The van der Waals surface area contributed by atoms with E-state index in [9.17, 15) is 10.4 Å². The van der Waals surface area contributed by atoms with E-state index in [4.69, 9.17) is 10.1 Å². The van der Waals surface area contributed by atoms with E-state index in [0.717, 1.165) is 23.1 Å². The molecule has 34 heavy (non-hydrogen) atoms. The van der Waals surface area contributed by atoms with E-state index >= 15 is 0 Å². The lowest BCUT2D eigenvalue weighted by Crippen LogP contribution is -2.06. The highest BCUT2D eigenvalue weighted by atomic mass is 16.3. The minimum Gasteiger partial charge on any atom is -0.508 e. The standard InChI is InChI=1S/C25H25N7O2/c1-17-11-19(13-20(34)12-17)24-21(16-32(31-24)9-6-26)22-14-23(28-8-2-3-10-33)30-25(29-22)18-5-4-7-27-15-18/h4-5,7,11-16,33-34H,2-3,8-10H2,1H3,(H,28,29,30). The van der Waals surface area contributed by atoms with Gasteiger partial charge < -0.3 is 15.5 Å². The Morgan fingerprint density at radius 2 is 2.00 bits per heavy atom. The number of aromatic hydroxyl groups is 1. The molecule has 0 atom stereocenters. The summed E-state index contributed by atoms with van der Waals surface area (Å²) in [6.45, 7) is 2.77. The summed E-state index contributed by atoms with van der Waals surface area (Å²) in [5, 5.41) is 36.4. The molecule has 0 aliphatic rings. The Morgan fingerprint density at radius 1 is 1.12 bits per heavy atom. The number of nitrogens with one attached hydrogen (secondary N) is 1. The first-order chi connectivity index (χ1) is 16.6. The summed E-state index contributed by atoms with van der Waals surface area (Å²) in [7, 11) is 0. The number of rotatable bonds is 9. The fourth-order valence-corrected chi connectivity index (χ4v) is 3.63. The molecule has 4 aromatic rings. The molecule has 0 fully saturated rings. The van der Waals surface area contributed by atoms with Crippen LogP contribution in [0.2, 0.25) is 0 Å². The van der Waals surface area contributed by atoms with E-state index in [1.807, 2.05) is 31.2 Å². The quantitative estimate of drug-likeness (QED) is 0.325. The predicted octanol–water partition coefficient (Wildman–Crippen LogP) is 3.79. The third-order valence-corrected chi connectivity index (χ3v) is 5.14. The first-order valence-corrected chi connectivity index (χ1v) is 11.0. The van der Waals surface area contributed by atoms with Crippen LogP contribution < -0.4 is 5.32 Å². The smallest absolute Gasteiger partial charge is 0.163 e. The van der Waals surface area contributed by atoms with Gasteiger partial charge in [-0.1, -0.05) is 0 Å². The topological polar surface area (TPSA) is 133 Å². The Kier molecular flexibility index (Phi) is 7.10. The number of nitriles is 1. The zero-order valence-corrected chi connectivity index (χ0v) is 18.8. The molecule has 0 spiro atoms. The molecule has 3 aromatic heterocycles. The van der Waals surface area contributed by atoms with Crippen molar-refractivity contribution in [1.29, 1.82) is 5.26 Å². The van der Waals surface area contributed by atoms with Crippen molar-refractivity contribution < 1.29 is 10.2 Å². The van der Waals surface area contributed by atoms with Crippen LogP contribution in [0.5, 0.6) is 5.75 Å². The van der Waals surface area contributed by atoms with Crippen LogP contribution in [0.15, 0.2) is 55.0 Å². The van der Waals surface area contributed by atoms with E-state index in [-0.39, 0.29) is 18.9 Å². The largest absolute Gasteiger partial charge is 0.508 e. The Hall–Kier alpha value is -4.29. The summed E-state index contributed by atoms with van der Waals surface area (Å²) < 4.78 is 1.56. The number of phenolic OH excluding ortho intramolecular Hbond substituents is 1. The number of aliphatic hydroxyl groups excluding tert-OH is 1. The lowest BCUT2D eigenvalue weighted by atomic mass is 10.0. The molecular formula is C25H25N7O2. The fraction of sp³-hybridized carbons (Fsp3) is 0.240. The molecule has 0 amide bonds. The van der Waals surface area contributed by atoms with Crippen LogP contribution >= 0.6 is 0 Å². The van der Waals surface area contributed by atoms with Gasteiger partial charge in [0, 0.05) is 54.5 Å². The Balaban J connectivity index is 1.84. The van der Waals surface area contributed by atoms with Crippen molar-refractivity contribution in [1.82, 2.24) is 24.7 Å². The van der Waals surface area contributed by atoms with Gasteiger partial charge >= 0.3 is 0 Å². The first kappa shape index (κ1) is 22.9. The number of aliphatic hydroxyl groups is 1. The van der Waals surface area contributed by atoms with Crippen molar-refractivity contribution in [3.8, 4) is 45.7 Å². The molecule has 3 N–H and O–H groups in total. The van der Waals surface area contributed by atoms with Crippen LogP contribution in [0.3, 0.4) is 0 Å². The number of pyridine rings is 1. The van der Waals surface area contributed by atoms with Crippen molar-refractivity contribution >= 4 is 5.82 Å². The maximum absolute atomic E-state index is 10.2. The van der Waals surface area contributed by atoms with Gasteiger partial charge in [-0.25, -0.2) is 9.97 Å². The fourth-order valence-electron chi connectivity index (χ4n) is 3.63. The number of aromatic nitrogens is 5. The van der Waals surface area contributed by atoms with E-state index in [1.165, 1.54) is 0 Å². The lowest BCUT2D eigenvalue weighted by molar-refractivity contribution is 0.286. The minimum absolute atomic E-state index is 0.0810. The normalized spacial score (nSPS) is 10.7. The molecule has 1 aromatic carbocycles. The summed E-state index contributed by atoms with van der Waals surface area (Å²) in [5.74, 6) is 1.27. The average Bonchev–Trinajstić information content (AvgIpc) is 3.26. The summed E-state index contributed by atoms with van der Waals surface area (Å²) in [5.41, 5.74) is 4.33. The highest BCUT2D eigenvalue weighted by molar-refractivity contribution is 5.81. The second kappa shape index (κ2) is 10.6. The van der Waals surface area contributed by atoms with Gasteiger partial charge in [-0.15, -0.1) is 0 Å². The summed E-state index contributed by atoms with van der Waals surface area (Å²) in [6, 6.07) is 12.9. The number of hydrogen-bond acceptors (Lipinski definition) is 8. The predicted molar refractivity (Wildman–Crippen MR) is 129 cm³/mol. The van der Waals surface area contributed by atoms with E-state index in [0.29, 0.717) is 41.6 Å². The number of unbranched alkanes of at least 4 members (excludes halogenated alkanes) is 1. The molecule has 0 saturated heterocycles. The van der Waals surface area contributed by atoms with Crippen LogP contribution in [0, 0.1) is 18.3 Å². The van der Waals surface area contributed by atoms with Crippen molar-refractivity contribution in [3.05, 3.63) is 60.6 Å². The van der Waals surface area contributed by atoms with Gasteiger partial charge in [-0.2, -0.15) is 10.4 Å². The van der Waals surface area contributed by atoms with E-state index in [2.05, 4.69) is 26.5 Å². The second-order valence-electron chi connectivity index (χ2n) is 7.87. The summed E-state index contributed by atoms with van der Waals surface area (Å²) in [6.07, 6.45) is 6.67. The molecule has 0 radical (unpaired) electrons. The van der Waals surface area contributed by atoms with Gasteiger partial charge in [0.25, 0.3) is 0 Å². The Morgan fingerprint density at radius 3 is 2.74 bits per heavy atom. The van der Waals surface area contributed by atoms with Crippen molar-refractivity contribution in [2.45, 2.75) is 26.3 Å². The van der Waals surface area contributed by atoms with Gasteiger partial charge in [0.1, 0.15) is 23.8 Å². The maximum atomic E-state index is 10.2. The molecule has 3 heterocycles. The number of anilines is 1. The third kappa shape index (κ3) is 5.36. The van der Waals surface area contributed by atoms with E-state index in [1.54, 1.807) is 35.4 Å². The van der Waals surface area contributed by atoms with Crippen LogP contribution in [0.1, 0.15) is 18.4 Å². The van der Waals surface area contributed by atoms with Crippen LogP contribution in [-0.4, -0.2) is 48.1 Å². The van der Waals surface area contributed by atoms with Crippen molar-refractivity contribution in [2.24, 2.45) is 0 Å². The SMILES string of the molecule is Cc1cc(O)cc(-c2nn(CC#N)cc2-c2cc(NCCCCO)nc(-c3cccnc3)n2)c1. The molecule has 0 saturated carbocycles. The molecule has 172 valence electrons. The molecule has 0 bridgehead atoms. The lowest BCUT2D eigenvalue weighted by Gasteiger charge is -2.11. The average molecular weight is 456 g/mol. The monoisotopic (exact) mass is 455 g/mol. The first-order valence-electron chi connectivity index (χ1n) is 11.0. The minimum atomic E-state index is 0.0810. The molecule has 0 aliphatic carbocycles. The molecular weight excluding hydrogens is 430 g/mol. The van der Waals surface area contributed by atoms with Gasteiger partial charge in [-0.05, 0) is 55.7 Å². The van der Waals surface area contributed by atoms with Crippen molar-refractivity contribution in [3.63, 3.8) is 0 Å². The van der Waals surface area contributed by atoms with Gasteiger partial charge in [0.2, 0.25) is 0 Å². The molecule has 0 unspecified atom stereocenters. The number of benzene rings is 1. The summed E-state index contributed by atoms with van der Waals surface area (Å²) in [4.78, 5) is 13.6. The van der Waals surface area contributed by atoms with Gasteiger partial charge in [-0.3, -0.25) is 9.67 Å². The second-order valence-corrected chi connectivity index (χ2v) is 7.87. The highest BCUT2D eigenvalue weighted by Crippen LogP contribution is 2.34. The zero-order valence-electron chi connectivity index (χ0n) is 18.8. The maximum Gasteiger partial charge on any atom is 0.163 e. The Labute approximate surface area is 197 Å². The van der Waals surface area contributed by atoms with Crippen LogP contribution in [0.4, 0.5) is 5.82 Å². The van der Waals surface area contributed by atoms with Crippen LogP contribution in [0.25, 0.3) is 33.9 Å². The molecule has 9 nitrogen and oxygen atoms in total. The number of nitrogens with zero attached hydrogens (tertiary/aromatic N) is 6. The Bertz CT molecular complexity index is 1290. The number of hydrogen-bond donors (Lipinski definition) is 3. The van der Waals surface area contributed by atoms with Gasteiger partial charge in [0.15, 0.2) is 5.82 Å². The number of aryl methyl sites for hydroxylation is 1. The third-order valence-electron chi connectivity index (χ3n) is 5.14. The highest BCUT2D eigenvalue weighted by Gasteiger charge is 2.18. The number of phenols is 1. The summed E-state index contributed by atoms with van der Waals surface area (Å²) >= 11 is 0. The van der Waals surface area contributed by atoms with E-state index < -0.39 is 0 Å². The van der Waals surface area contributed by atoms with Crippen LogP contribution in [-0.2, 0) is 6.54 Å². The zero-order chi connectivity index (χ0) is 23.9. The molecule has 4 rings (SSSR count).